The lowest BCUT2D eigenvalue weighted by Crippen LogP contribution is -2.43. The highest BCUT2D eigenvalue weighted by molar-refractivity contribution is 7.10. The Morgan fingerprint density at radius 3 is 2.43 bits per heavy atom. The molecule has 1 aromatic carbocycles. The number of hydrogen-bond donors (Lipinski definition) is 1. The van der Waals surface area contributed by atoms with Crippen LogP contribution in [0.5, 0.6) is 11.5 Å². The molecule has 0 spiro atoms. The Morgan fingerprint density at radius 1 is 1.06 bits per heavy atom. The van der Waals surface area contributed by atoms with Crippen molar-refractivity contribution in [1.29, 1.82) is 0 Å². The monoisotopic (exact) mass is 497 g/mol. The Bertz CT molecular complexity index is 1230. The molecule has 0 amide bonds. The molecule has 0 radical (unpaired) electrons. The molecule has 0 saturated carbocycles. The highest BCUT2D eigenvalue weighted by Crippen LogP contribution is 2.50. The summed E-state index contributed by atoms with van der Waals surface area (Å²) in [5.74, 6) is -2.84. The van der Waals surface area contributed by atoms with Crippen molar-refractivity contribution in [2.24, 2.45) is 5.92 Å². The van der Waals surface area contributed by atoms with Gasteiger partial charge in [-0.25, -0.2) is 4.79 Å². The molecule has 1 aliphatic carbocycles. The van der Waals surface area contributed by atoms with Gasteiger partial charge in [0, 0.05) is 33.3 Å². The summed E-state index contributed by atoms with van der Waals surface area (Å²) in [5, 5.41) is 5.18. The van der Waals surface area contributed by atoms with E-state index in [1.165, 1.54) is 39.8 Å². The summed E-state index contributed by atoms with van der Waals surface area (Å²) < 4.78 is 21.2. The largest absolute Gasteiger partial charge is 0.497 e. The zero-order valence-electron chi connectivity index (χ0n) is 20.2. The van der Waals surface area contributed by atoms with Crippen molar-refractivity contribution in [3.05, 3.63) is 68.7 Å². The Kier molecular flexibility index (Phi) is 6.98. The minimum atomic E-state index is -1.05. The van der Waals surface area contributed by atoms with Gasteiger partial charge in [0.05, 0.1) is 39.9 Å². The minimum absolute atomic E-state index is 0.268. The van der Waals surface area contributed by atoms with Gasteiger partial charge in [0.2, 0.25) is 0 Å². The maximum Gasteiger partial charge on any atom is 0.336 e. The van der Waals surface area contributed by atoms with Gasteiger partial charge in [-0.15, -0.1) is 11.3 Å². The predicted molar refractivity (Wildman–Crippen MR) is 129 cm³/mol. The zero-order chi connectivity index (χ0) is 25.3. The number of benzene rings is 1. The highest BCUT2D eigenvalue weighted by Gasteiger charge is 2.49. The van der Waals surface area contributed by atoms with E-state index in [0.717, 1.165) is 4.88 Å². The van der Waals surface area contributed by atoms with Crippen LogP contribution in [-0.2, 0) is 23.9 Å². The highest BCUT2D eigenvalue weighted by atomic mass is 32.1. The average molecular weight is 498 g/mol. The van der Waals surface area contributed by atoms with Crippen LogP contribution in [0.3, 0.4) is 0 Å². The van der Waals surface area contributed by atoms with Gasteiger partial charge < -0.3 is 24.3 Å². The van der Waals surface area contributed by atoms with Crippen molar-refractivity contribution in [2.45, 2.75) is 25.2 Å². The van der Waals surface area contributed by atoms with E-state index in [1.807, 2.05) is 17.5 Å². The van der Waals surface area contributed by atoms with Crippen LogP contribution in [0.2, 0.25) is 0 Å². The van der Waals surface area contributed by atoms with Gasteiger partial charge in [0.1, 0.15) is 17.4 Å². The number of carbonyl (C=O) groups excluding carboxylic acids is 3. The molecule has 0 fully saturated rings. The van der Waals surface area contributed by atoms with Gasteiger partial charge in [0.25, 0.3) is 0 Å². The number of rotatable bonds is 6. The molecule has 2 heterocycles. The first-order chi connectivity index (χ1) is 16.9. The molecule has 4 rings (SSSR count). The number of carbonyl (C=O) groups is 3. The summed E-state index contributed by atoms with van der Waals surface area (Å²) in [7, 11) is 5.62. The Balaban J connectivity index is 1.97. The fourth-order valence-corrected chi connectivity index (χ4v) is 5.82. The third kappa shape index (κ3) is 4.20. The van der Waals surface area contributed by atoms with Crippen molar-refractivity contribution in [1.82, 2.24) is 5.32 Å². The first kappa shape index (κ1) is 24.5. The molecule has 35 heavy (non-hydrogen) atoms. The Morgan fingerprint density at radius 2 is 1.83 bits per heavy atom. The number of nitrogens with one attached hydrogen (secondary N) is 1. The van der Waals surface area contributed by atoms with Crippen LogP contribution in [0.1, 0.15) is 35.6 Å². The lowest BCUT2D eigenvalue weighted by atomic mass is 9.68. The van der Waals surface area contributed by atoms with E-state index in [9.17, 15) is 14.4 Å². The molecule has 2 aliphatic rings. The molecule has 0 bridgehead atoms. The van der Waals surface area contributed by atoms with Gasteiger partial charge in [0.15, 0.2) is 5.78 Å². The topological polar surface area (TPSA) is 100 Å². The maximum atomic E-state index is 14.1. The number of methoxy groups -OCH3 is 4. The van der Waals surface area contributed by atoms with Crippen LogP contribution >= 0.6 is 11.3 Å². The van der Waals surface area contributed by atoms with Crippen molar-refractivity contribution in [3.8, 4) is 11.5 Å². The van der Waals surface area contributed by atoms with Crippen molar-refractivity contribution in [3.63, 3.8) is 0 Å². The van der Waals surface area contributed by atoms with Crippen LogP contribution in [0.15, 0.2) is 58.3 Å². The van der Waals surface area contributed by atoms with E-state index < -0.39 is 29.6 Å². The molecule has 1 N–H and O–H groups in total. The third-order valence-electron chi connectivity index (χ3n) is 6.54. The number of dihydropyridines is 1. The smallest absolute Gasteiger partial charge is 0.336 e. The summed E-state index contributed by atoms with van der Waals surface area (Å²) in [6.45, 7) is 1.77. The van der Waals surface area contributed by atoms with Gasteiger partial charge >= 0.3 is 11.9 Å². The molecule has 184 valence electrons. The third-order valence-corrected chi connectivity index (χ3v) is 7.54. The fourth-order valence-electron chi connectivity index (χ4n) is 4.96. The van der Waals surface area contributed by atoms with Crippen molar-refractivity contribution >= 4 is 29.1 Å². The summed E-state index contributed by atoms with van der Waals surface area (Å²) >= 11 is 1.49. The lowest BCUT2D eigenvalue weighted by molar-refractivity contribution is -0.149. The second kappa shape index (κ2) is 9.95. The first-order valence-corrected chi connectivity index (χ1v) is 11.9. The number of hydrogen-bond acceptors (Lipinski definition) is 9. The van der Waals surface area contributed by atoms with Crippen molar-refractivity contribution < 1.29 is 33.3 Å². The van der Waals surface area contributed by atoms with E-state index in [-0.39, 0.29) is 11.5 Å². The molecule has 9 heteroatoms. The number of Topliss-reactive ketones (excluding diaryl/α,β-unsaturated/α-hetero) is 1. The lowest BCUT2D eigenvalue weighted by Gasteiger charge is -2.39. The second-order valence-electron chi connectivity index (χ2n) is 8.28. The standard InChI is InChI=1S/C26H27NO7S/c1-13-20(25(29)33-4)21(15-11-14(31-2)8-9-18(15)32-3)23-17(27-13)12-16(19-7-6-10-35-19)22(24(23)28)26(30)34-5/h6-11,16,21-22,27H,12H2,1-5H3/t16-,21+,22+/m0/s1. The SMILES string of the molecule is COC(=O)C1=C(C)NC2=C(C(=O)[C@H](C(=O)OC)[C@H](c3cccs3)C2)[C@@H]1c1cc(OC)ccc1OC. The van der Waals surface area contributed by atoms with Gasteiger partial charge in [-0.3, -0.25) is 9.59 Å². The van der Waals surface area contributed by atoms with E-state index in [1.54, 1.807) is 25.1 Å². The average Bonchev–Trinajstić information content (AvgIpc) is 3.41. The van der Waals surface area contributed by atoms with Crippen molar-refractivity contribution in [2.75, 3.05) is 28.4 Å². The van der Waals surface area contributed by atoms with Gasteiger partial charge in [-0.2, -0.15) is 0 Å². The number of ketones is 1. The summed E-state index contributed by atoms with van der Waals surface area (Å²) in [5.41, 5.74) is 2.38. The van der Waals surface area contributed by atoms with E-state index in [4.69, 9.17) is 18.9 Å². The van der Waals surface area contributed by atoms with Gasteiger partial charge in [-0.1, -0.05) is 6.07 Å². The molecule has 0 unspecified atom stereocenters. The van der Waals surface area contributed by atoms with Crippen LogP contribution in [0.4, 0.5) is 0 Å². The normalized spacial score (nSPS) is 21.7. The van der Waals surface area contributed by atoms with Gasteiger partial charge in [-0.05, 0) is 43.0 Å². The predicted octanol–water partition coefficient (Wildman–Crippen LogP) is 3.70. The first-order valence-electron chi connectivity index (χ1n) is 11.0. The number of esters is 2. The van der Waals surface area contributed by atoms with E-state index in [0.29, 0.717) is 40.5 Å². The molecule has 3 atom stereocenters. The molecule has 1 aliphatic heterocycles. The molecule has 1 aromatic heterocycles. The molecule has 8 nitrogen and oxygen atoms in total. The summed E-state index contributed by atoms with van der Waals surface area (Å²) in [4.78, 5) is 41.0. The molecular weight excluding hydrogens is 470 g/mol. The Hall–Kier alpha value is -3.59. The Labute approximate surface area is 207 Å². The van der Waals surface area contributed by atoms with Crippen LogP contribution < -0.4 is 14.8 Å². The number of thiophene rings is 1. The molecule has 2 aromatic rings. The van der Waals surface area contributed by atoms with E-state index in [2.05, 4.69) is 5.32 Å². The quantitative estimate of drug-likeness (QED) is 0.476. The second-order valence-corrected chi connectivity index (χ2v) is 9.26. The minimum Gasteiger partial charge on any atom is -0.497 e. The zero-order valence-corrected chi connectivity index (χ0v) is 21.0. The summed E-state index contributed by atoms with van der Waals surface area (Å²) in [6, 6.07) is 9.00. The molecule has 0 saturated heterocycles. The van der Waals surface area contributed by atoms with E-state index >= 15 is 0 Å². The summed E-state index contributed by atoms with van der Waals surface area (Å²) in [6.07, 6.45) is 0.399. The van der Waals surface area contributed by atoms with Crippen LogP contribution in [0.25, 0.3) is 0 Å². The molecular formula is C26H27NO7S. The maximum absolute atomic E-state index is 14.1. The van der Waals surface area contributed by atoms with Crippen LogP contribution in [-0.4, -0.2) is 46.2 Å². The number of allylic oxidation sites excluding steroid dienone is 3. The van der Waals surface area contributed by atoms with Crippen LogP contribution in [0, 0.1) is 5.92 Å². The fraction of sp³-hybridized carbons (Fsp3) is 0.346. The number of ether oxygens (including phenoxy) is 4.